The summed E-state index contributed by atoms with van der Waals surface area (Å²) < 4.78 is 0. The summed E-state index contributed by atoms with van der Waals surface area (Å²) >= 11 is 1.49. The van der Waals surface area contributed by atoms with Crippen LogP contribution >= 0.6 is 11.3 Å². The SMILES string of the molecule is Cc1ccc(NC(=O)C(=O)N/N=C\c2cccs2)cc1. The van der Waals surface area contributed by atoms with Crippen molar-refractivity contribution in [1.29, 1.82) is 0 Å². The van der Waals surface area contributed by atoms with E-state index in [0.29, 0.717) is 5.69 Å². The first-order valence-electron chi connectivity index (χ1n) is 5.90. The molecule has 0 saturated carbocycles. The second-order valence-corrected chi connectivity index (χ2v) is 5.01. The van der Waals surface area contributed by atoms with Crippen LogP contribution in [0.5, 0.6) is 0 Å². The van der Waals surface area contributed by atoms with E-state index in [-0.39, 0.29) is 0 Å². The molecule has 102 valence electrons. The minimum atomic E-state index is -0.807. The summed E-state index contributed by atoms with van der Waals surface area (Å²) in [4.78, 5) is 24.0. The highest BCUT2D eigenvalue weighted by Crippen LogP contribution is 2.08. The molecule has 2 N–H and O–H groups in total. The topological polar surface area (TPSA) is 70.6 Å². The molecule has 1 aromatic carbocycles. The van der Waals surface area contributed by atoms with Gasteiger partial charge in [-0.1, -0.05) is 23.8 Å². The number of nitrogens with zero attached hydrogens (tertiary/aromatic N) is 1. The van der Waals surface area contributed by atoms with Crippen molar-refractivity contribution < 1.29 is 9.59 Å². The number of amides is 2. The molecule has 0 fully saturated rings. The molecule has 1 heterocycles. The fourth-order valence-corrected chi connectivity index (χ4v) is 1.98. The maximum atomic E-state index is 11.6. The van der Waals surface area contributed by atoms with Gasteiger partial charge >= 0.3 is 11.8 Å². The third kappa shape index (κ3) is 4.03. The molecule has 2 rings (SSSR count). The fraction of sp³-hybridized carbons (Fsp3) is 0.0714. The van der Waals surface area contributed by atoms with Crippen LogP contribution in [-0.4, -0.2) is 18.0 Å². The van der Waals surface area contributed by atoms with Crippen LogP contribution in [0.1, 0.15) is 10.4 Å². The van der Waals surface area contributed by atoms with Crippen molar-refractivity contribution in [3.8, 4) is 0 Å². The Labute approximate surface area is 120 Å². The lowest BCUT2D eigenvalue weighted by atomic mass is 10.2. The van der Waals surface area contributed by atoms with E-state index in [1.54, 1.807) is 12.1 Å². The van der Waals surface area contributed by atoms with Gasteiger partial charge in [-0.25, -0.2) is 5.43 Å². The molecule has 1 aromatic heterocycles. The zero-order valence-corrected chi connectivity index (χ0v) is 11.6. The molecule has 0 aliphatic carbocycles. The average Bonchev–Trinajstić information content (AvgIpc) is 2.94. The fourth-order valence-electron chi connectivity index (χ4n) is 1.39. The van der Waals surface area contributed by atoms with Gasteiger partial charge < -0.3 is 5.32 Å². The van der Waals surface area contributed by atoms with Crippen LogP contribution in [0.2, 0.25) is 0 Å². The van der Waals surface area contributed by atoms with E-state index in [1.807, 2.05) is 36.6 Å². The second kappa shape index (κ2) is 6.63. The van der Waals surface area contributed by atoms with Gasteiger partial charge in [0.15, 0.2) is 0 Å². The number of thiophene rings is 1. The Bertz CT molecular complexity index is 618. The van der Waals surface area contributed by atoms with Gasteiger partial charge in [-0.05, 0) is 30.5 Å². The number of carbonyl (C=O) groups excluding carboxylic acids is 2. The summed E-state index contributed by atoms with van der Waals surface area (Å²) in [6, 6.07) is 10.9. The van der Waals surface area contributed by atoms with Crippen LogP contribution < -0.4 is 10.7 Å². The Kier molecular flexibility index (Phi) is 4.62. The van der Waals surface area contributed by atoms with Gasteiger partial charge in [0, 0.05) is 10.6 Å². The van der Waals surface area contributed by atoms with Gasteiger partial charge in [0.05, 0.1) is 6.21 Å². The Morgan fingerprint density at radius 3 is 2.55 bits per heavy atom. The lowest BCUT2D eigenvalue weighted by Gasteiger charge is -2.03. The molecule has 0 atom stereocenters. The second-order valence-electron chi connectivity index (χ2n) is 4.03. The molecule has 0 radical (unpaired) electrons. The molecular weight excluding hydrogens is 274 g/mol. The minimum Gasteiger partial charge on any atom is -0.318 e. The van der Waals surface area contributed by atoms with Crippen molar-refractivity contribution in [3.63, 3.8) is 0 Å². The zero-order valence-electron chi connectivity index (χ0n) is 10.8. The molecule has 0 saturated heterocycles. The molecule has 0 spiro atoms. The Morgan fingerprint density at radius 1 is 1.15 bits per heavy atom. The van der Waals surface area contributed by atoms with Crippen LogP contribution in [0, 0.1) is 6.92 Å². The average molecular weight is 287 g/mol. The van der Waals surface area contributed by atoms with E-state index in [1.165, 1.54) is 17.6 Å². The molecule has 2 amide bonds. The molecule has 5 nitrogen and oxygen atoms in total. The van der Waals surface area contributed by atoms with Crippen LogP contribution in [0.15, 0.2) is 46.9 Å². The molecule has 0 bridgehead atoms. The lowest BCUT2D eigenvalue weighted by molar-refractivity contribution is -0.136. The van der Waals surface area contributed by atoms with Crippen molar-refractivity contribution >= 4 is 35.1 Å². The largest absolute Gasteiger partial charge is 0.329 e. The number of hydrogen-bond donors (Lipinski definition) is 2. The van der Waals surface area contributed by atoms with Gasteiger partial charge in [0.25, 0.3) is 0 Å². The van der Waals surface area contributed by atoms with E-state index >= 15 is 0 Å². The van der Waals surface area contributed by atoms with Gasteiger partial charge in [0.1, 0.15) is 0 Å². The van der Waals surface area contributed by atoms with Crippen molar-refractivity contribution in [1.82, 2.24) is 5.43 Å². The number of hydrogen-bond acceptors (Lipinski definition) is 4. The summed E-state index contributed by atoms with van der Waals surface area (Å²) in [6.07, 6.45) is 1.49. The first-order chi connectivity index (χ1) is 9.65. The Morgan fingerprint density at radius 2 is 1.90 bits per heavy atom. The van der Waals surface area contributed by atoms with Gasteiger partial charge in [0.2, 0.25) is 0 Å². The number of carbonyl (C=O) groups is 2. The van der Waals surface area contributed by atoms with E-state index < -0.39 is 11.8 Å². The maximum Gasteiger partial charge on any atom is 0.329 e. The number of rotatable bonds is 3. The molecule has 20 heavy (non-hydrogen) atoms. The van der Waals surface area contributed by atoms with Gasteiger partial charge in [-0.2, -0.15) is 5.10 Å². The summed E-state index contributed by atoms with van der Waals surface area (Å²) in [5.41, 5.74) is 3.82. The number of aryl methyl sites for hydroxylation is 1. The van der Waals surface area contributed by atoms with Crippen molar-refractivity contribution in [2.45, 2.75) is 6.92 Å². The lowest BCUT2D eigenvalue weighted by Crippen LogP contribution is -2.32. The summed E-state index contributed by atoms with van der Waals surface area (Å²) in [5.74, 6) is -1.56. The summed E-state index contributed by atoms with van der Waals surface area (Å²) in [6.45, 7) is 1.94. The summed E-state index contributed by atoms with van der Waals surface area (Å²) in [5, 5.41) is 8.10. The quantitative estimate of drug-likeness (QED) is 0.516. The maximum absolute atomic E-state index is 11.6. The number of anilines is 1. The van der Waals surface area contributed by atoms with E-state index in [2.05, 4.69) is 15.8 Å². The highest BCUT2D eigenvalue weighted by molar-refractivity contribution is 7.11. The third-order valence-corrected chi connectivity index (χ3v) is 3.22. The van der Waals surface area contributed by atoms with Crippen LogP contribution in [0.3, 0.4) is 0 Å². The first-order valence-corrected chi connectivity index (χ1v) is 6.77. The van der Waals surface area contributed by atoms with E-state index in [9.17, 15) is 9.59 Å². The molecular formula is C14H13N3O2S. The van der Waals surface area contributed by atoms with Crippen molar-refractivity contribution in [2.24, 2.45) is 5.10 Å². The smallest absolute Gasteiger partial charge is 0.318 e. The highest BCUT2D eigenvalue weighted by atomic mass is 32.1. The predicted octanol–water partition coefficient (Wildman–Crippen LogP) is 2.15. The first kappa shape index (κ1) is 14.0. The Hall–Kier alpha value is -2.47. The monoisotopic (exact) mass is 287 g/mol. The number of hydrazone groups is 1. The van der Waals surface area contributed by atoms with Crippen molar-refractivity contribution in [2.75, 3.05) is 5.32 Å². The molecule has 0 aliphatic rings. The highest BCUT2D eigenvalue weighted by Gasteiger charge is 2.12. The standard InChI is InChI=1S/C14H13N3O2S/c1-10-4-6-11(7-5-10)16-13(18)14(19)17-15-9-12-3-2-8-20-12/h2-9H,1H3,(H,16,18)(H,17,19)/b15-9-. The molecule has 2 aromatic rings. The third-order valence-electron chi connectivity index (χ3n) is 2.42. The number of benzene rings is 1. The van der Waals surface area contributed by atoms with Crippen LogP contribution in [0.25, 0.3) is 0 Å². The number of nitrogens with one attached hydrogen (secondary N) is 2. The summed E-state index contributed by atoms with van der Waals surface area (Å²) in [7, 11) is 0. The minimum absolute atomic E-state index is 0.568. The van der Waals surface area contributed by atoms with Crippen molar-refractivity contribution in [3.05, 3.63) is 52.2 Å². The molecule has 0 aliphatic heterocycles. The van der Waals surface area contributed by atoms with Gasteiger partial charge in [-0.15, -0.1) is 11.3 Å². The van der Waals surface area contributed by atoms with Gasteiger partial charge in [-0.3, -0.25) is 9.59 Å². The molecule has 0 unspecified atom stereocenters. The van der Waals surface area contributed by atoms with E-state index in [4.69, 9.17) is 0 Å². The van der Waals surface area contributed by atoms with Crippen LogP contribution in [0.4, 0.5) is 5.69 Å². The Balaban J connectivity index is 1.86. The van der Waals surface area contributed by atoms with E-state index in [0.717, 1.165) is 10.4 Å². The normalized spacial score (nSPS) is 10.4. The van der Waals surface area contributed by atoms with Crippen LogP contribution in [-0.2, 0) is 9.59 Å². The molecule has 6 heteroatoms. The zero-order chi connectivity index (χ0) is 14.4. The predicted molar refractivity (Wildman–Crippen MR) is 79.9 cm³/mol.